The van der Waals surface area contributed by atoms with Gasteiger partial charge in [0, 0.05) is 57.7 Å². The lowest BCUT2D eigenvalue weighted by molar-refractivity contribution is -0.124. The fourth-order valence-corrected chi connectivity index (χ4v) is 6.34. The Balaban J connectivity index is 1.58. The molecule has 0 atom stereocenters. The molecule has 2 aliphatic rings. The van der Waals surface area contributed by atoms with E-state index in [9.17, 15) is 13.2 Å². The number of carbonyl (C=O) groups excluding carboxylic acids is 1. The van der Waals surface area contributed by atoms with Crippen molar-refractivity contribution >= 4 is 27.3 Å². The molecule has 1 amide bonds. The van der Waals surface area contributed by atoms with Crippen LogP contribution in [0.5, 0.6) is 0 Å². The van der Waals surface area contributed by atoms with Gasteiger partial charge in [-0.15, -0.1) is 0 Å². The fraction of sp³-hybridized carbons (Fsp3) is 0.500. The molecule has 9 heteroatoms. The van der Waals surface area contributed by atoms with Crippen LogP contribution in [0, 0.1) is 12.8 Å². The van der Waals surface area contributed by atoms with E-state index >= 15 is 0 Å². The summed E-state index contributed by atoms with van der Waals surface area (Å²) in [6.45, 7) is 8.21. The van der Waals surface area contributed by atoms with E-state index in [4.69, 9.17) is 0 Å². The summed E-state index contributed by atoms with van der Waals surface area (Å²) < 4.78 is 28.6. The van der Waals surface area contributed by atoms with Gasteiger partial charge in [-0.3, -0.25) is 9.78 Å². The predicted molar refractivity (Wildman–Crippen MR) is 130 cm³/mol. The molecule has 4 rings (SSSR count). The van der Waals surface area contributed by atoms with E-state index in [0.717, 1.165) is 54.6 Å². The van der Waals surface area contributed by atoms with Crippen LogP contribution in [-0.4, -0.2) is 69.4 Å². The molecule has 0 spiro atoms. The molecule has 2 aliphatic heterocycles. The van der Waals surface area contributed by atoms with Crippen molar-refractivity contribution in [3.63, 3.8) is 0 Å². The molecule has 33 heavy (non-hydrogen) atoms. The van der Waals surface area contributed by atoms with Crippen LogP contribution in [0.15, 0.2) is 47.6 Å². The van der Waals surface area contributed by atoms with Crippen molar-refractivity contribution < 1.29 is 13.2 Å². The van der Waals surface area contributed by atoms with Crippen LogP contribution < -0.4 is 15.1 Å². The van der Waals surface area contributed by atoms with Crippen LogP contribution >= 0.6 is 0 Å². The zero-order valence-corrected chi connectivity index (χ0v) is 20.2. The van der Waals surface area contributed by atoms with Gasteiger partial charge in [-0.1, -0.05) is 6.07 Å². The molecule has 2 saturated heterocycles. The number of hydrogen-bond acceptors (Lipinski definition) is 7. The standard InChI is InChI=1S/C24H33N5O3S/c1-19-3-4-24(33(31,32)29(20(2)30)18-21-5-9-25-10-6-21)23(17-19)28-15-13-27(14-16-28)22-7-11-26-12-8-22/h3-4,7-8,11-12,17,21,25H,5-6,9-10,13-16,18H2,1-2H3. The van der Waals surface area contributed by atoms with Crippen molar-refractivity contribution in [3.8, 4) is 0 Å². The largest absolute Gasteiger partial charge is 0.368 e. The number of piperazine rings is 1. The number of hydrogen-bond donors (Lipinski definition) is 1. The number of pyridine rings is 1. The number of carbonyl (C=O) groups is 1. The topological polar surface area (TPSA) is 85.8 Å². The molecule has 178 valence electrons. The Hall–Kier alpha value is -2.65. The minimum absolute atomic E-state index is 0.183. The van der Waals surface area contributed by atoms with Crippen LogP contribution in [-0.2, 0) is 14.8 Å². The fourth-order valence-electron chi connectivity index (χ4n) is 4.67. The molecular weight excluding hydrogens is 438 g/mol. The van der Waals surface area contributed by atoms with Crippen molar-refractivity contribution in [3.05, 3.63) is 48.3 Å². The zero-order chi connectivity index (χ0) is 23.4. The second kappa shape index (κ2) is 10.1. The highest BCUT2D eigenvalue weighted by molar-refractivity contribution is 7.89. The van der Waals surface area contributed by atoms with Gasteiger partial charge in [0.2, 0.25) is 5.91 Å². The second-order valence-corrected chi connectivity index (χ2v) is 10.7. The van der Waals surface area contributed by atoms with Crippen LogP contribution in [0.3, 0.4) is 0 Å². The van der Waals surface area contributed by atoms with Gasteiger partial charge < -0.3 is 15.1 Å². The van der Waals surface area contributed by atoms with Crippen molar-refractivity contribution in [1.82, 2.24) is 14.6 Å². The molecule has 2 fully saturated rings. The van der Waals surface area contributed by atoms with Crippen LogP contribution in [0.25, 0.3) is 0 Å². The molecule has 1 aromatic carbocycles. The lowest BCUT2D eigenvalue weighted by atomic mass is 9.98. The monoisotopic (exact) mass is 471 g/mol. The summed E-state index contributed by atoms with van der Waals surface area (Å²) in [5.74, 6) is -0.245. The highest BCUT2D eigenvalue weighted by atomic mass is 32.2. The van der Waals surface area contributed by atoms with E-state index in [0.29, 0.717) is 18.8 Å². The summed E-state index contributed by atoms with van der Waals surface area (Å²) in [5.41, 5.74) is 2.79. The number of rotatable bonds is 6. The first kappa shape index (κ1) is 23.5. The Labute approximate surface area is 196 Å². The third-order valence-corrected chi connectivity index (χ3v) is 8.45. The maximum atomic E-state index is 13.8. The minimum atomic E-state index is -3.96. The van der Waals surface area contributed by atoms with Crippen molar-refractivity contribution in [2.45, 2.75) is 31.6 Å². The lowest BCUT2D eigenvalue weighted by Gasteiger charge is -2.38. The van der Waals surface area contributed by atoms with Crippen LogP contribution in [0.4, 0.5) is 11.4 Å². The summed E-state index contributed by atoms with van der Waals surface area (Å²) in [4.78, 5) is 21.2. The van der Waals surface area contributed by atoms with Gasteiger partial charge in [0.1, 0.15) is 4.90 Å². The summed E-state index contributed by atoms with van der Waals surface area (Å²) >= 11 is 0. The SMILES string of the molecule is CC(=O)N(CC1CCNCC1)S(=O)(=O)c1ccc(C)cc1N1CCN(c2ccncc2)CC1. The quantitative estimate of drug-likeness (QED) is 0.692. The van der Waals surface area contributed by atoms with Gasteiger partial charge >= 0.3 is 0 Å². The van der Waals surface area contributed by atoms with Gasteiger partial charge in [-0.05, 0) is 68.6 Å². The maximum Gasteiger partial charge on any atom is 0.268 e. The average molecular weight is 472 g/mol. The van der Waals surface area contributed by atoms with E-state index in [1.165, 1.54) is 6.92 Å². The van der Waals surface area contributed by atoms with Crippen molar-refractivity contribution in [2.24, 2.45) is 5.92 Å². The molecule has 8 nitrogen and oxygen atoms in total. The van der Waals surface area contributed by atoms with E-state index in [-0.39, 0.29) is 17.4 Å². The van der Waals surface area contributed by atoms with Gasteiger partial charge in [0.05, 0.1) is 5.69 Å². The van der Waals surface area contributed by atoms with Gasteiger partial charge in [-0.2, -0.15) is 0 Å². The van der Waals surface area contributed by atoms with E-state index in [1.54, 1.807) is 18.5 Å². The molecule has 2 aromatic rings. The molecule has 1 N–H and O–H groups in total. The number of amides is 1. The molecule has 0 unspecified atom stereocenters. The Bertz CT molecular complexity index is 1060. The van der Waals surface area contributed by atoms with E-state index < -0.39 is 15.9 Å². The first-order valence-electron chi connectivity index (χ1n) is 11.6. The normalized spacial score (nSPS) is 17.8. The number of aromatic nitrogens is 1. The molecule has 0 radical (unpaired) electrons. The number of nitrogens with zero attached hydrogens (tertiary/aromatic N) is 4. The smallest absolute Gasteiger partial charge is 0.268 e. The number of nitrogens with one attached hydrogen (secondary N) is 1. The number of sulfonamides is 1. The van der Waals surface area contributed by atoms with E-state index in [2.05, 4.69) is 20.1 Å². The number of aryl methyl sites for hydroxylation is 1. The molecule has 0 aliphatic carbocycles. The Morgan fingerprint density at radius 3 is 2.33 bits per heavy atom. The van der Waals surface area contributed by atoms with Crippen molar-refractivity contribution in [2.75, 3.05) is 55.6 Å². The van der Waals surface area contributed by atoms with E-state index in [1.807, 2.05) is 31.2 Å². The predicted octanol–water partition coefficient (Wildman–Crippen LogP) is 2.25. The Morgan fingerprint density at radius 1 is 1.06 bits per heavy atom. The summed E-state index contributed by atoms with van der Waals surface area (Å²) in [5, 5.41) is 3.29. The molecule has 3 heterocycles. The lowest BCUT2D eigenvalue weighted by Crippen LogP contribution is -2.47. The zero-order valence-electron chi connectivity index (χ0n) is 19.4. The average Bonchev–Trinajstić information content (AvgIpc) is 2.83. The molecular formula is C24H33N5O3S. The highest BCUT2D eigenvalue weighted by Gasteiger charge is 2.33. The molecule has 1 aromatic heterocycles. The van der Waals surface area contributed by atoms with Crippen molar-refractivity contribution in [1.29, 1.82) is 0 Å². The number of anilines is 2. The van der Waals surface area contributed by atoms with Crippen LogP contribution in [0.1, 0.15) is 25.3 Å². The first-order chi connectivity index (χ1) is 15.9. The first-order valence-corrected chi connectivity index (χ1v) is 13.0. The Morgan fingerprint density at radius 2 is 1.70 bits per heavy atom. The highest BCUT2D eigenvalue weighted by Crippen LogP contribution is 2.31. The number of piperidine rings is 1. The van der Waals surface area contributed by atoms with Gasteiger partial charge in [-0.25, -0.2) is 12.7 Å². The molecule has 0 bridgehead atoms. The third-order valence-electron chi connectivity index (χ3n) is 6.56. The molecule has 0 saturated carbocycles. The third kappa shape index (κ3) is 5.30. The summed E-state index contributed by atoms with van der Waals surface area (Å²) in [7, 11) is -3.96. The Kier molecular flexibility index (Phi) is 7.19. The van der Waals surface area contributed by atoms with Gasteiger partial charge in [0.15, 0.2) is 0 Å². The number of benzene rings is 1. The maximum absolute atomic E-state index is 13.8. The summed E-state index contributed by atoms with van der Waals surface area (Å²) in [6.07, 6.45) is 5.31. The van der Waals surface area contributed by atoms with Crippen LogP contribution in [0.2, 0.25) is 0 Å². The second-order valence-electron chi connectivity index (χ2n) is 8.90. The van der Waals surface area contributed by atoms with Gasteiger partial charge in [0.25, 0.3) is 10.0 Å². The minimum Gasteiger partial charge on any atom is -0.368 e. The summed E-state index contributed by atoms with van der Waals surface area (Å²) in [6, 6.07) is 9.38.